The Balaban J connectivity index is 1.95. The first-order chi connectivity index (χ1) is 11.1. The van der Waals surface area contributed by atoms with Crippen LogP contribution in [0.25, 0.3) is 0 Å². The highest BCUT2D eigenvalue weighted by atomic mass is 16.5. The molecule has 5 N–H and O–H groups in total. The molecule has 1 aromatic carbocycles. The quantitative estimate of drug-likeness (QED) is 0.744. The summed E-state index contributed by atoms with van der Waals surface area (Å²) >= 11 is 0. The summed E-state index contributed by atoms with van der Waals surface area (Å²) in [6.07, 6.45) is 0.603. The van der Waals surface area contributed by atoms with Gasteiger partial charge in [-0.2, -0.15) is 9.97 Å². The van der Waals surface area contributed by atoms with Gasteiger partial charge >= 0.3 is 0 Å². The number of likely N-dealkylation sites (N-methyl/N-ethyl adjacent to an activating group) is 1. The number of para-hydroxylation sites is 1. The standard InChI is InChI=1S/C16H22N6O/c1-19-11-8-22(9-11)15-12(14(17)20-16(18)21-15)7-10-5-3-4-6-13(10)23-2/h3-6,11,19H,7-9H2,1-2H3,(H4,17,18,20,21). The Morgan fingerprint density at radius 3 is 2.70 bits per heavy atom. The zero-order valence-corrected chi connectivity index (χ0v) is 13.4. The number of anilines is 3. The second kappa shape index (κ2) is 6.29. The van der Waals surface area contributed by atoms with Crippen molar-refractivity contribution in [2.75, 3.05) is 43.6 Å². The van der Waals surface area contributed by atoms with Crippen molar-refractivity contribution in [2.45, 2.75) is 12.5 Å². The third-order valence-corrected chi connectivity index (χ3v) is 4.18. The Kier molecular flexibility index (Phi) is 4.20. The molecule has 1 aliphatic heterocycles. The summed E-state index contributed by atoms with van der Waals surface area (Å²) in [6.45, 7) is 1.76. The Morgan fingerprint density at radius 1 is 1.26 bits per heavy atom. The van der Waals surface area contributed by atoms with Gasteiger partial charge in [0.25, 0.3) is 0 Å². The number of nitrogens with two attached hydrogens (primary N) is 2. The van der Waals surface area contributed by atoms with Crippen LogP contribution in [-0.2, 0) is 6.42 Å². The molecule has 122 valence electrons. The number of nitrogens with zero attached hydrogens (tertiary/aromatic N) is 3. The van der Waals surface area contributed by atoms with Crippen LogP contribution in [0.4, 0.5) is 17.6 Å². The normalized spacial score (nSPS) is 14.6. The average molecular weight is 314 g/mol. The summed E-state index contributed by atoms with van der Waals surface area (Å²) in [5, 5.41) is 3.25. The van der Waals surface area contributed by atoms with Crippen LogP contribution in [-0.4, -0.2) is 43.3 Å². The zero-order valence-electron chi connectivity index (χ0n) is 13.4. The molecule has 0 aliphatic carbocycles. The number of hydrogen-bond acceptors (Lipinski definition) is 7. The van der Waals surface area contributed by atoms with Crippen LogP contribution in [0.2, 0.25) is 0 Å². The first-order valence-electron chi connectivity index (χ1n) is 7.58. The molecule has 2 aromatic rings. The minimum absolute atomic E-state index is 0.203. The molecule has 1 aromatic heterocycles. The van der Waals surface area contributed by atoms with Crippen molar-refractivity contribution in [3.05, 3.63) is 35.4 Å². The number of nitrogen functional groups attached to an aromatic ring is 2. The van der Waals surface area contributed by atoms with Gasteiger partial charge < -0.3 is 26.4 Å². The molecule has 2 heterocycles. The van der Waals surface area contributed by atoms with Gasteiger partial charge in [-0.25, -0.2) is 0 Å². The van der Waals surface area contributed by atoms with Crippen molar-refractivity contribution in [1.29, 1.82) is 0 Å². The number of rotatable bonds is 5. The molecule has 0 spiro atoms. The Labute approximate surface area is 135 Å². The average Bonchev–Trinajstić information content (AvgIpc) is 2.50. The van der Waals surface area contributed by atoms with Gasteiger partial charge in [-0.1, -0.05) is 18.2 Å². The summed E-state index contributed by atoms with van der Waals surface area (Å²) in [7, 11) is 3.62. The lowest BCUT2D eigenvalue weighted by atomic mass is 10.0. The molecule has 1 fully saturated rings. The van der Waals surface area contributed by atoms with Crippen LogP contribution in [0.5, 0.6) is 5.75 Å². The van der Waals surface area contributed by atoms with Crippen LogP contribution in [0.15, 0.2) is 24.3 Å². The first-order valence-corrected chi connectivity index (χ1v) is 7.58. The molecule has 0 unspecified atom stereocenters. The monoisotopic (exact) mass is 314 g/mol. The van der Waals surface area contributed by atoms with Crippen LogP contribution < -0.4 is 26.4 Å². The molecule has 0 radical (unpaired) electrons. The number of nitrogens with one attached hydrogen (secondary N) is 1. The molecule has 0 bridgehead atoms. The Morgan fingerprint density at radius 2 is 2.00 bits per heavy atom. The summed E-state index contributed by atoms with van der Waals surface area (Å²) in [6, 6.07) is 8.34. The van der Waals surface area contributed by atoms with Crippen molar-refractivity contribution < 1.29 is 4.74 Å². The van der Waals surface area contributed by atoms with Gasteiger partial charge in [0.15, 0.2) is 0 Å². The number of ether oxygens (including phenoxy) is 1. The number of benzene rings is 1. The van der Waals surface area contributed by atoms with E-state index in [0.29, 0.717) is 18.3 Å². The van der Waals surface area contributed by atoms with Crippen LogP contribution in [0.3, 0.4) is 0 Å². The van der Waals surface area contributed by atoms with E-state index in [-0.39, 0.29) is 5.95 Å². The molecular weight excluding hydrogens is 292 g/mol. The number of aromatic nitrogens is 2. The van der Waals surface area contributed by atoms with Gasteiger partial charge in [0.05, 0.1) is 7.11 Å². The van der Waals surface area contributed by atoms with Crippen LogP contribution in [0, 0.1) is 0 Å². The van der Waals surface area contributed by atoms with E-state index in [4.69, 9.17) is 16.2 Å². The lowest BCUT2D eigenvalue weighted by Gasteiger charge is -2.41. The van der Waals surface area contributed by atoms with Crippen molar-refractivity contribution in [1.82, 2.24) is 15.3 Å². The van der Waals surface area contributed by atoms with E-state index in [0.717, 1.165) is 35.8 Å². The van der Waals surface area contributed by atoms with Gasteiger partial charge in [-0.3, -0.25) is 0 Å². The topological polar surface area (TPSA) is 102 Å². The second-order valence-electron chi connectivity index (χ2n) is 5.65. The number of hydrogen-bond donors (Lipinski definition) is 3. The molecular formula is C16H22N6O. The SMILES string of the molecule is CNC1CN(c2nc(N)nc(N)c2Cc2ccccc2OC)C1. The minimum Gasteiger partial charge on any atom is -0.496 e. The zero-order chi connectivity index (χ0) is 16.4. The number of methoxy groups -OCH3 is 1. The third-order valence-electron chi connectivity index (χ3n) is 4.18. The van der Waals surface area contributed by atoms with Gasteiger partial charge in [0, 0.05) is 31.1 Å². The third kappa shape index (κ3) is 3.00. The smallest absolute Gasteiger partial charge is 0.223 e. The maximum atomic E-state index is 6.13. The molecule has 7 heteroatoms. The highest BCUT2D eigenvalue weighted by molar-refractivity contribution is 5.63. The first kappa shape index (κ1) is 15.4. The van der Waals surface area contributed by atoms with Crippen molar-refractivity contribution >= 4 is 17.6 Å². The molecule has 1 saturated heterocycles. The van der Waals surface area contributed by atoms with E-state index < -0.39 is 0 Å². The van der Waals surface area contributed by atoms with Crippen molar-refractivity contribution in [3.8, 4) is 5.75 Å². The fourth-order valence-electron chi connectivity index (χ4n) is 2.81. The summed E-state index contributed by atoms with van der Waals surface area (Å²) in [4.78, 5) is 10.7. The minimum atomic E-state index is 0.203. The summed E-state index contributed by atoms with van der Waals surface area (Å²) in [5.41, 5.74) is 13.9. The molecule has 0 amide bonds. The lowest BCUT2D eigenvalue weighted by Crippen LogP contribution is -2.57. The van der Waals surface area contributed by atoms with Gasteiger partial charge in [-0.05, 0) is 18.7 Å². The van der Waals surface area contributed by atoms with Crippen LogP contribution >= 0.6 is 0 Å². The summed E-state index contributed by atoms with van der Waals surface area (Å²) in [5.74, 6) is 2.26. The van der Waals surface area contributed by atoms with Gasteiger partial charge in [-0.15, -0.1) is 0 Å². The molecule has 1 aliphatic rings. The second-order valence-corrected chi connectivity index (χ2v) is 5.65. The largest absolute Gasteiger partial charge is 0.496 e. The fraction of sp³-hybridized carbons (Fsp3) is 0.375. The predicted molar refractivity (Wildman–Crippen MR) is 91.7 cm³/mol. The molecule has 3 rings (SSSR count). The molecule has 7 nitrogen and oxygen atoms in total. The maximum Gasteiger partial charge on any atom is 0.223 e. The van der Waals surface area contributed by atoms with Gasteiger partial charge in [0.1, 0.15) is 17.4 Å². The highest BCUT2D eigenvalue weighted by Gasteiger charge is 2.29. The highest BCUT2D eigenvalue weighted by Crippen LogP contribution is 2.31. The molecule has 23 heavy (non-hydrogen) atoms. The fourth-order valence-corrected chi connectivity index (χ4v) is 2.81. The van der Waals surface area contributed by atoms with Crippen molar-refractivity contribution in [3.63, 3.8) is 0 Å². The lowest BCUT2D eigenvalue weighted by molar-refractivity contribution is 0.410. The van der Waals surface area contributed by atoms with Crippen LogP contribution in [0.1, 0.15) is 11.1 Å². The molecule has 0 saturated carbocycles. The van der Waals surface area contributed by atoms with E-state index >= 15 is 0 Å². The van der Waals surface area contributed by atoms with Gasteiger partial charge in [0.2, 0.25) is 5.95 Å². The summed E-state index contributed by atoms with van der Waals surface area (Å²) < 4.78 is 5.43. The van der Waals surface area contributed by atoms with E-state index in [9.17, 15) is 0 Å². The van der Waals surface area contributed by atoms with E-state index in [1.54, 1.807) is 7.11 Å². The maximum absolute atomic E-state index is 6.13. The molecule has 0 atom stereocenters. The van der Waals surface area contributed by atoms with E-state index in [1.807, 2.05) is 31.3 Å². The predicted octanol–water partition coefficient (Wildman–Crippen LogP) is 0.648. The van der Waals surface area contributed by atoms with Crippen molar-refractivity contribution in [2.24, 2.45) is 0 Å². The van der Waals surface area contributed by atoms with E-state index in [1.165, 1.54) is 0 Å². The Hall–Kier alpha value is -2.54. The Bertz CT molecular complexity index is 699. The van der Waals surface area contributed by atoms with E-state index in [2.05, 4.69) is 20.2 Å².